The lowest BCUT2D eigenvalue weighted by Gasteiger charge is -2.21. The maximum absolute atomic E-state index is 4.27. The Balaban J connectivity index is 3.92. The molecule has 0 bridgehead atoms. The molecule has 1 heteroatoms. The summed E-state index contributed by atoms with van der Waals surface area (Å²) in [6, 6.07) is 0. The predicted molar refractivity (Wildman–Crippen MR) is 107 cm³/mol. The zero-order chi connectivity index (χ0) is 17.5. The van der Waals surface area contributed by atoms with E-state index in [0.717, 1.165) is 6.42 Å². The number of allylic oxidation sites excluding steroid dienone is 4. The number of hydrogen-bond donors (Lipinski definition) is 0. The molecule has 0 heterocycles. The monoisotopic (exact) mass is 319 g/mol. The molecular formula is C22H41N. The summed E-state index contributed by atoms with van der Waals surface area (Å²) in [4.78, 5) is 2.61. The van der Waals surface area contributed by atoms with Crippen molar-refractivity contribution in [2.45, 2.75) is 86.0 Å². The number of nitrogens with zero attached hydrogens (tertiary/aromatic N) is 1. The lowest BCUT2D eigenvalue weighted by molar-refractivity contribution is 0.275. The first-order chi connectivity index (χ1) is 11.0. The lowest BCUT2D eigenvalue weighted by atomic mass is 10.0. The first-order valence-corrected chi connectivity index (χ1v) is 9.67. The fourth-order valence-electron chi connectivity index (χ4n) is 2.88. The van der Waals surface area contributed by atoms with Crippen molar-refractivity contribution in [1.29, 1.82) is 0 Å². The van der Waals surface area contributed by atoms with E-state index in [-0.39, 0.29) is 0 Å². The third-order valence-electron chi connectivity index (χ3n) is 4.18. The highest BCUT2D eigenvalue weighted by Gasteiger charge is 2.03. The maximum Gasteiger partial charge on any atom is 0.00160 e. The van der Waals surface area contributed by atoms with Gasteiger partial charge in [0.15, 0.2) is 0 Å². The van der Waals surface area contributed by atoms with Gasteiger partial charge in [-0.25, -0.2) is 0 Å². The molecule has 0 aromatic rings. The van der Waals surface area contributed by atoms with Gasteiger partial charge < -0.3 is 4.90 Å². The molecule has 0 radical (unpaired) electrons. The van der Waals surface area contributed by atoms with E-state index in [1.807, 2.05) is 0 Å². The van der Waals surface area contributed by atoms with Crippen LogP contribution in [-0.2, 0) is 0 Å². The first-order valence-electron chi connectivity index (χ1n) is 9.67. The van der Waals surface area contributed by atoms with Crippen LogP contribution < -0.4 is 0 Å². The quantitative estimate of drug-likeness (QED) is 0.314. The van der Waals surface area contributed by atoms with Gasteiger partial charge in [-0.1, -0.05) is 55.7 Å². The van der Waals surface area contributed by atoms with E-state index in [9.17, 15) is 0 Å². The minimum absolute atomic E-state index is 1.16. The first kappa shape index (κ1) is 22.2. The fourth-order valence-corrected chi connectivity index (χ4v) is 2.88. The maximum atomic E-state index is 4.27. The standard InChI is InChI=1S/C22H41N/c1-7-12-21(5)14-9-15-22(6)16-11-19-23(17-8-2)18-10-13-20(3)4/h13-14H,6-12,15-19H2,1-5H3/b21-14-. The molecule has 1 nitrogen and oxygen atoms in total. The van der Waals surface area contributed by atoms with Crippen molar-refractivity contribution in [3.63, 3.8) is 0 Å². The molecule has 0 aromatic carbocycles. The molecule has 0 rings (SSSR count). The van der Waals surface area contributed by atoms with Crippen LogP contribution in [0.1, 0.15) is 86.0 Å². The molecule has 0 atom stereocenters. The second kappa shape index (κ2) is 14.8. The second-order valence-electron chi connectivity index (χ2n) is 7.10. The molecular weight excluding hydrogens is 278 g/mol. The summed E-state index contributed by atoms with van der Waals surface area (Å²) in [5.74, 6) is 0. The third-order valence-corrected chi connectivity index (χ3v) is 4.18. The molecule has 0 saturated heterocycles. The minimum Gasteiger partial charge on any atom is -0.303 e. The SMILES string of the molecule is C=C(CC/C=C(/C)CCC)CCCN(CCC)CCC=C(C)C. The van der Waals surface area contributed by atoms with Gasteiger partial charge in [-0.05, 0) is 78.8 Å². The van der Waals surface area contributed by atoms with Crippen molar-refractivity contribution in [2.24, 2.45) is 0 Å². The van der Waals surface area contributed by atoms with E-state index in [4.69, 9.17) is 0 Å². The summed E-state index contributed by atoms with van der Waals surface area (Å²) >= 11 is 0. The zero-order valence-electron chi connectivity index (χ0n) is 16.6. The largest absolute Gasteiger partial charge is 0.303 e. The molecule has 0 N–H and O–H groups in total. The molecule has 0 aliphatic carbocycles. The van der Waals surface area contributed by atoms with Gasteiger partial charge in [0.05, 0.1) is 0 Å². The Hall–Kier alpha value is -0.820. The zero-order valence-corrected chi connectivity index (χ0v) is 16.6. The Bertz CT molecular complexity index is 358. The Labute approximate surface area is 146 Å². The van der Waals surface area contributed by atoms with Crippen molar-refractivity contribution < 1.29 is 0 Å². The van der Waals surface area contributed by atoms with Gasteiger partial charge in [-0.15, -0.1) is 0 Å². The van der Waals surface area contributed by atoms with E-state index in [0.29, 0.717) is 0 Å². The molecule has 0 spiro atoms. The third kappa shape index (κ3) is 14.5. The molecule has 0 unspecified atom stereocenters. The van der Waals surface area contributed by atoms with Gasteiger partial charge >= 0.3 is 0 Å². The van der Waals surface area contributed by atoms with Crippen LogP contribution in [0.4, 0.5) is 0 Å². The van der Waals surface area contributed by atoms with Gasteiger partial charge in [-0.3, -0.25) is 0 Å². The van der Waals surface area contributed by atoms with Gasteiger partial charge in [0.25, 0.3) is 0 Å². The normalized spacial score (nSPS) is 11.8. The smallest absolute Gasteiger partial charge is 0.00160 e. The van der Waals surface area contributed by atoms with Crippen LogP contribution in [0.3, 0.4) is 0 Å². The summed E-state index contributed by atoms with van der Waals surface area (Å²) in [6.45, 7) is 19.1. The highest BCUT2D eigenvalue weighted by molar-refractivity contribution is 5.02. The summed E-state index contributed by atoms with van der Waals surface area (Å²) in [6.07, 6.45) is 14.4. The average molecular weight is 320 g/mol. The van der Waals surface area contributed by atoms with Crippen molar-refractivity contribution in [2.75, 3.05) is 19.6 Å². The van der Waals surface area contributed by atoms with Crippen molar-refractivity contribution in [3.8, 4) is 0 Å². The van der Waals surface area contributed by atoms with Crippen molar-refractivity contribution >= 4 is 0 Å². The summed E-state index contributed by atoms with van der Waals surface area (Å²) in [5, 5.41) is 0. The summed E-state index contributed by atoms with van der Waals surface area (Å²) in [7, 11) is 0. The molecule has 134 valence electrons. The molecule has 23 heavy (non-hydrogen) atoms. The lowest BCUT2D eigenvalue weighted by Crippen LogP contribution is -2.26. The minimum atomic E-state index is 1.16. The van der Waals surface area contributed by atoms with Crippen LogP contribution in [0.2, 0.25) is 0 Å². The van der Waals surface area contributed by atoms with Gasteiger partial charge in [0.1, 0.15) is 0 Å². The van der Waals surface area contributed by atoms with Crippen LogP contribution in [-0.4, -0.2) is 24.5 Å². The van der Waals surface area contributed by atoms with Crippen molar-refractivity contribution in [1.82, 2.24) is 4.90 Å². The second-order valence-corrected chi connectivity index (χ2v) is 7.10. The molecule has 0 saturated carbocycles. The van der Waals surface area contributed by atoms with Gasteiger partial charge in [0.2, 0.25) is 0 Å². The van der Waals surface area contributed by atoms with Gasteiger partial charge in [0, 0.05) is 6.54 Å². The van der Waals surface area contributed by atoms with Crippen LogP contribution >= 0.6 is 0 Å². The Morgan fingerprint density at radius 2 is 1.57 bits per heavy atom. The average Bonchev–Trinajstić information content (AvgIpc) is 2.47. The predicted octanol–water partition coefficient (Wildman–Crippen LogP) is 6.92. The van der Waals surface area contributed by atoms with E-state index < -0.39 is 0 Å². The van der Waals surface area contributed by atoms with Crippen LogP contribution in [0.5, 0.6) is 0 Å². The van der Waals surface area contributed by atoms with Gasteiger partial charge in [-0.2, -0.15) is 0 Å². The molecule has 0 fully saturated rings. The highest BCUT2D eigenvalue weighted by atomic mass is 15.1. The molecule has 0 aliphatic heterocycles. The number of hydrogen-bond acceptors (Lipinski definition) is 1. The topological polar surface area (TPSA) is 3.24 Å². The van der Waals surface area contributed by atoms with E-state index in [2.05, 4.69) is 58.2 Å². The van der Waals surface area contributed by atoms with E-state index in [1.54, 1.807) is 0 Å². The summed E-state index contributed by atoms with van der Waals surface area (Å²) in [5.41, 5.74) is 4.39. The van der Waals surface area contributed by atoms with Crippen LogP contribution in [0.15, 0.2) is 35.5 Å². The fraction of sp³-hybridized carbons (Fsp3) is 0.727. The Kier molecular flexibility index (Phi) is 14.2. The molecule has 0 aliphatic rings. The Morgan fingerprint density at radius 3 is 2.17 bits per heavy atom. The summed E-state index contributed by atoms with van der Waals surface area (Å²) < 4.78 is 0. The molecule has 0 aromatic heterocycles. The Morgan fingerprint density at radius 1 is 0.826 bits per heavy atom. The highest BCUT2D eigenvalue weighted by Crippen LogP contribution is 2.13. The molecule has 0 amide bonds. The van der Waals surface area contributed by atoms with E-state index >= 15 is 0 Å². The van der Waals surface area contributed by atoms with Crippen LogP contribution in [0, 0.1) is 0 Å². The number of rotatable bonds is 14. The van der Waals surface area contributed by atoms with Crippen molar-refractivity contribution in [3.05, 3.63) is 35.5 Å². The van der Waals surface area contributed by atoms with Crippen LogP contribution in [0.25, 0.3) is 0 Å². The van der Waals surface area contributed by atoms with E-state index in [1.165, 1.54) is 81.3 Å².